The van der Waals surface area contributed by atoms with Crippen LogP contribution in [-0.2, 0) is 17.5 Å². The minimum Gasteiger partial charge on any atom is -0.491 e. The lowest BCUT2D eigenvalue weighted by Crippen LogP contribution is -2.41. The lowest BCUT2D eigenvalue weighted by Gasteiger charge is -2.16. The molecule has 0 radical (unpaired) electrons. The smallest absolute Gasteiger partial charge is 0.416 e. The summed E-state index contributed by atoms with van der Waals surface area (Å²) in [5.74, 6) is 0.757. The van der Waals surface area contributed by atoms with Gasteiger partial charge in [0.25, 0.3) is 0 Å². The van der Waals surface area contributed by atoms with Crippen molar-refractivity contribution in [3.63, 3.8) is 0 Å². The van der Waals surface area contributed by atoms with E-state index in [2.05, 4.69) is 20.9 Å². The number of guanidine groups is 1. The zero-order chi connectivity index (χ0) is 21.4. The Labute approximate surface area is 169 Å². The van der Waals surface area contributed by atoms with Gasteiger partial charge in [-0.25, -0.2) is 4.99 Å². The van der Waals surface area contributed by atoms with Crippen LogP contribution in [0.5, 0.6) is 5.75 Å². The van der Waals surface area contributed by atoms with Gasteiger partial charge in [-0.3, -0.25) is 4.79 Å². The van der Waals surface area contributed by atoms with Crippen LogP contribution < -0.4 is 20.7 Å². The lowest BCUT2D eigenvalue weighted by atomic mass is 10.1. The van der Waals surface area contributed by atoms with Crippen molar-refractivity contribution in [3.8, 4) is 5.75 Å². The molecule has 9 heteroatoms. The molecule has 1 amide bonds. The Bertz CT molecular complexity index is 716. The van der Waals surface area contributed by atoms with E-state index in [1.807, 2.05) is 6.92 Å². The Morgan fingerprint density at radius 1 is 1.21 bits per heavy atom. The molecule has 0 saturated heterocycles. The molecular formula is C20H29F3N4O2. The van der Waals surface area contributed by atoms with Crippen molar-refractivity contribution in [3.05, 3.63) is 29.3 Å². The van der Waals surface area contributed by atoms with Crippen LogP contribution in [0.15, 0.2) is 23.2 Å². The monoisotopic (exact) mass is 414 g/mol. The molecule has 1 aliphatic carbocycles. The second kappa shape index (κ2) is 10.4. The first-order valence-electron chi connectivity index (χ1n) is 9.87. The number of halogens is 3. The van der Waals surface area contributed by atoms with Gasteiger partial charge < -0.3 is 20.7 Å². The molecule has 0 bridgehead atoms. The van der Waals surface area contributed by atoms with E-state index in [9.17, 15) is 18.0 Å². The molecule has 1 fully saturated rings. The molecule has 1 aliphatic rings. The number of carbonyl (C=O) groups excluding carboxylic acids is 1. The predicted octanol–water partition coefficient (Wildman–Crippen LogP) is 3.07. The average molecular weight is 414 g/mol. The summed E-state index contributed by atoms with van der Waals surface area (Å²) >= 11 is 0. The summed E-state index contributed by atoms with van der Waals surface area (Å²) < 4.78 is 45.8. The highest BCUT2D eigenvalue weighted by molar-refractivity contribution is 5.81. The van der Waals surface area contributed by atoms with Crippen LogP contribution in [0.2, 0.25) is 0 Å². The summed E-state index contributed by atoms with van der Waals surface area (Å²) in [4.78, 5) is 15.9. The number of aliphatic imine (C=N–C) groups is 1. The molecule has 0 atom stereocenters. The van der Waals surface area contributed by atoms with E-state index in [1.54, 1.807) is 13.8 Å². The fourth-order valence-corrected chi connectivity index (χ4v) is 2.67. The number of amides is 1. The predicted molar refractivity (Wildman–Crippen MR) is 106 cm³/mol. The van der Waals surface area contributed by atoms with Gasteiger partial charge in [0.1, 0.15) is 5.75 Å². The Morgan fingerprint density at radius 3 is 2.48 bits per heavy atom. The number of hydrogen-bond donors (Lipinski definition) is 3. The maximum absolute atomic E-state index is 13.5. The minimum absolute atomic E-state index is 0.0484. The van der Waals surface area contributed by atoms with E-state index < -0.39 is 11.7 Å². The van der Waals surface area contributed by atoms with Crippen molar-refractivity contribution < 1.29 is 22.7 Å². The summed E-state index contributed by atoms with van der Waals surface area (Å²) in [6.45, 7) is 6.66. The molecule has 0 spiro atoms. The zero-order valence-electron chi connectivity index (χ0n) is 17.0. The van der Waals surface area contributed by atoms with Gasteiger partial charge in [-0.1, -0.05) is 6.07 Å². The molecular weight excluding hydrogens is 385 g/mol. The fourth-order valence-electron chi connectivity index (χ4n) is 2.67. The SMILES string of the molecule is CCNC(=NCc1ccc(OC(C)C)cc1C(F)(F)F)NCCNC(=O)C1CC1. The van der Waals surface area contributed by atoms with Crippen LogP contribution >= 0.6 is 0 Å². The molecule has 0 unspecified atom stereocenters. The third-order valence-corrected chi connectivity index (χ3v) is 4.18. The third-order valence-electron chi connectivity index (χ3n) is 4.18. The molecule has 2 rings (SSSR count). The number of hydrogen-bond acceptors (Lipinski definition) is 3. The van der Waals surface area contributed by atoms with Gasteiger partial charge in [0.05, 0.1) is 18.2 Å². The molecule has 1 aromatic carbocycles. The molecule has 0 aromatic heterocycles. The van der Waals surface area contributed by atoms with Crippen molar-refractivity contribution in [1.29, 1.82) is 0 Å². The van der Waals surface area contributed by atoms with Crippen LogP contribution in [0, 0.1) is 5.92 Å². The number of carbonyl (C=O) groups is 1. The summed E-state index contributed by atoms with van der Waals surface area (Å²) in [5.41, 5.74) is -0.695. The highest BCUT2D eigenvalue weighted by atomic mass is 19.4. The van der Waals surface area contributed by atoms with E-state index in [0.717, 1.165) is 18.9 Å². The first-order valence-corrected chi connectivity index (χ1v) is 9.87. The van der Waals surface area contributed by atoms with Crippen LogP contribution in [-0.4, -0.2) is 37.6 Å². The van der Waals surface area contributed by atoms with Crippen molar-refractivity contribution >= 4 is 11.9 Å². The quantitative estimate of drug-likeness (QED) is 0.330. The Balaban J connectivity index is 2.01. The molecule has 29 heavy (non-hydrogen) atoms. The first-order chi connectivity index (χ1) is 13.7. The van der Waals surface area contributed by atoms with Gasteiger partial charge in [0, 0.05) is 25.6 Å². The Kier molecular flexibility index (Phi) is 8.16. The van der Waals surface area contributed by atoms with Gasteiger partial charge in [0.15, 0.2) is 5.96 Å². The molecule has 3 N–H and O–H groups in total. The number of nitrogens with zero attached hydrogens (tertiary/aromatic N) is 1. The summed E-state index contributed by atoms with van der Waals surface area (Å²) in [6, 6.07) is 3.93. The van der Waals surface area contributed by atoms with E-state index >= 15 is 0 Å². The van der Waals surface area contributed by atoms with Gasteiger partial charge in [0.2, 0.25) is 5.91 Å². The molecule has 1 aromatic rings. The normalized spacial score (nSPS) is 14.7. The zero-order valence-corrected chi connectivity index (χ0v) is 17.0. The van der Waals surface area contributed by atoms with E-state index in [1.165, 1.54) is 12.1 Å². The van der Waals surface area contributed by atoms with Crippen LogP contribution in [0.4, 0.5) is 13.2 Å². The van der Waals surface area contributed by atoms with E-state index in [0.29, 0.717) is 25.6 Å². The van der Waals surface area contributed by atoms with Crippen molar-refractivity contribution in [2.24, 2.45) is 10.9 Å². The minimum atomic E-state index is -4.50. The number of ether oxygens (including phenoxy) is 1. The Hall–Kier alpha value is -2.45. The maximum Gasteiger partial charge on any atom is 0.416 e. The highest BCUT2D eigenvalue weighted by Gasteiger charge is 2.34. The number of alkyl halides is 3. The second-order valence-corrected chi connectivity index (χ2v) is 7.17. The first kappa shape index (κ1) is 22.8. The molecule has 1 saturated carbocycles. The van der Waals surface area contributed by atoms with Crippen LogP contribution in [0.25, 0.3) is 0 Å². The number of rotatable bonds is 9. The van der Waals surface area contributed by atoms with Crippen molar-refractivity contribution in [2.75, 3.05) is 19.6 Å². The van der Waals surface area contributed by atoms with Crippen molar-refractivity contribution in [2.45, 2.75) is 52.4 Å². The molecule has 162 valence electrons. The average Bonchev–Trinajstić information content (AvgIpc) is 3.47. The standard InChI is InChI=1S/C20H29F3N4O2/c1-4-24-19(26-10-9-25-18(28)14-5-6-14)27-12-15-7-8-16(29-13(2)3)11-17(15)20(21,22)23/h7-8,11,13-14H,4-6,9-10,12H2,1-3H3,(H,25,28)(H2,24,26,27). The lowest BCUT2D eigenvalue weighted by molar-refractivity contribution is -0.138. The van der Waals surface area contributed by atoms with E-state index in [-0.39, 0.29) is 35.8 Å². The number of benzene rings is 1. The maximum atomic E-state index is 13.5. The Morgan fingerprint density at radius 2 is 1.90 bits per heavy atom. The van der Waals surface area contributed by atoms with E-state index in [4.69, 9.17) is 4.74 Å². The summed E-state index contributed by atoms with van der Waals surface area (Å²) in [6.07, 6.45) is -2.84. The molecule has 0 aliphatic heterocycles. The summed E-state index contributed by atoms with van der Waals surface area (Å²) in [5, 5.41) is 8.83. The van der Waals surface area contributed by atoms with Crippen LogP contribution in [0.3, 0.4) is 0 Å². The molecule has 0 heterocycles. The van der Waals surface area contributed by atoms with Gasteiger partial charge >= 0.3 is 6.18 Å². The fraction of sp³-hybridized carbons (Fsp3) is 0.600. The van der Waals surface area contributed by atoms with Crippen LogP contribution in [0.1, 0.15) is 44.7 Å². The van der Waals surface area contributed by atoms with Gasteiger partial charge in [-0.2, -0.15) is 13.2 Å². The highest BCUT2D eigenvalue weighted by Crippen LogP contribution is 2.35. The largest absolute Gasteiger partial charge is 0.491 e. The topological polar surface area (TPSA) is 74.8 Å². The van der Waals surface area contributed by atoms with Crippen molar-refractivity contribution in [1.82, 2.24) is 16.0 Å². The molecule has 6 nitrogen and oxygen atoms in total. The number of nitrogens with one attached hydrogen (secondary N) is 3. The van der Waals surface area contributed by atoms with Gasteiger partial charge in [-0.15, -0.1) is 0 Å². The van der Waals surface area contributed by atoms with Gasteiger partial charge in [-0.05, 0) is 51.3 Å². The summed E-state index contributed by atoms with van der Waals surface area (Å²) in [7, 11) is 0. The third kappa shape index (κ3) is 7.83. The second-order valence-electron chi connectivity index (χ2n) is 7.17.